The summed E-state index contributed by atoms with van der Waals surface area (Å²) in [5, 5.41) is 13.0. The van der Waals surface area contributed by atoms with Crippen molar-refractivity contribution in [3.8, 4) is 0 Å². The average Bonchev–Trinajstić information content (AvgIpc) is 2.77. The summed E-state index contributed by atoms with van der Waals surface area (Å²) >= 11 is 0. The Morgan fingerprint density at radius 1 is 1.45 bits per heavy atom. The Balaban J connectivity index is 2.35. The molecular formula is C15H26N2O5. The van der Waals surface area contributed by atoms with Gasteiger partial charge in [0.2, 0.25) is 0 Å². The first-order valence-electron chi connectivity index (χ1n) is 7.37. The van der Waals surface area contributed by atoms with Crippen LogP contribution in [0.1, 0.15) is 33.6 Å². The molecule has 1 rings (SSSR count). The van der Waals surface area contributed by atoms with Crippen molar-refractivity contribution in [1.29, 1.82) is 0 Å². The van der Waals surface area contributed by atoms with E-state index < -0.39 is 23.4 Å². The number of hydrogen-bond acceptors (Lipinski definition) is 5. The fourth-order valence-corrected chi connectivity index (χ4v) is 2.13. The molecular weight excluding hydrogens is 288 g/mol. The lowest BCUT2D eigenvalue weighted by Gasteiger charge is -2.26. The van der Waals surface area contributed by atoms with Crippen molar-refractivity contribution in [2.75, 3.05) is 26.2 Å². The van der Waals surface area contributed by atoms with Crippen LogP contribution < -0.4 is 5.32 Å². The fraction of sp³-hybridized carbons (Fsp3) is 0.733. The van der Waals surface area contributed by atoms with Crippen molar-refractivity contribution < 1.29 is 24.2 Å². The van der Waals surface area contributed by atoms with Crippen molar-refractivity contribution >= 4 is 12.2 Å². The van der Waals surface area contributed by atoms with Crippen LogP contribution in [0.5, 0.6) is 0 Å². The average molecular weight is 314 g/mol. The summed E-state index contributed by atoms with van der Waals surface area (Å²) in [5.74, 6) is 0. The van der Waals surface area contributed by atoms with Gasteiger partial charge in [-0.05, 0) is 33.6 Å². The summed E-state index contributed by atoms with van der Waals surface area (Å²) in [4.78, 5) is 24.7. The number of nitrogens with zero attached hydrogens (tertiary/aromatic N) is 1. The van der Waals surface area contributed by atoms with E-state index >= 15 is 0 Å². The van der Waals surface area contributed by atoms with Gasteiger partial charge in [0.1, 0.15) is 12.2 Å². The van der Waals surface area contributed by atoms with E-state index in [0.29, 0.717) is 19.4 Å². The van der Waals surface area contributed by atoms with Gasteiger partial charge in [0.25, 0.3) is 0 Å². The lowest BCUT2D eigenvalue weighted by Crippen LogP contribution is -2.41. The molecule has 0 aromatic carbocycles. The molecule has 0 radical (unpaired) electrons. The molecule has 0 saturated carbocycles. The molecule has 0 aromatic rings. The summed E-state index contributed by atoms with van der Waals surface area (Å²) in [7, 11) is 0. The largest absolute Gasteiger partial charge is 0.445 e. The molecule has 126 valence electrons. The summed E-state index contributed by atoms with van der Waals surface area (Å²) < 4.78 is 10.0. The third-order valence-corrected chi connectivity index (χ3v) is 3.18. The van der Waals surface area contributed by atoms with Crippen LogP contribution >= 0.6 is 0 Å². The number of carbonyl (C=O) groups is 2. The van der Waals surface area contributed by atoms with Crippen LogP contribution in [0.25, 0.3) is 0 Å². The Morgan fingerprint density at radius 2 is 2.14 bits per heavy atom. The van der Waals surface area contributed by atoms with Gasteiger partial charge >= 0.3 is 12.2 Å². The Morgan fingerprint density at radius 3 is 2.73 bits per heavy atom. The number of hydrogen-bond donors (Lipinski definition) is 2. The van der Waals surface area contributed by atoms with Gasteiger partial charge in [0, 0.05) is 13.1 Å². The summed E-state index contributed by atoms with van der Waals surface area (Å²) in [6.07, 6.45) is 1.29. The van der Waals surface area contributed by atoms with Gasteiger partial charge in [-0.1, -0.05) is 12.7 Å². The van der Waals surface area contributed by atoms with Crippen LogP contribution in [0, 0.1) is 0 Å². The smallest absolute Gasteiger partial charge is 0.410 e. The zero-order valence-corrected chi connectivity index (χ0v) is 13.6. The Labute approximate surface area is 131 Å². The van der Waals surface area contributed by atoms with Gasteiger partial charge in [0.05, 0.1) is 12.1 Å². The Bertz CT molecular complexity index is 419. The van der Waals surface area contributed by atoms with Gasteiger partial charge in [-0.2, -0.15) is 0 Å². The molecule has 1 aliphatic heterocycles. The Hall–Kier alpha value is -1.76. The number of aliphatic hydroxyl groups is 1. The topological polar surface area (TPSA) is 88.1 Å². The second-order valence-electron chi connectivity index (χ2n) is 6.44. The molecule has 7 nitrogen and oxygen atoms in total. The molecule has 22 heavy (non-hydrogen) atoms. The van der Waals surface area contributed by atoms with E-state index in [1.165, 1.54) is 11.0 Å². The summed E-state index contributed by atoms with van der Waals surface area (Å²) in [6.45, 7) is 9.89. The molecule has 7 heteroatoms. The quantitative estimate of drug-likeness (QED) is 0.754. The first kappa shape index (κ1) is 18.3. The van der Waals surface area contributed by atoms with E-state index in [1.807, 2.05) is 0 Å². The van der Waals surface area contributed by atoms with Crippen molar-refractivity contribution in [3.63, 3.8) is 0 Å². The fourth-order valence-electron chi connectivity index (χ4n) is 2.13. The van der Waals surface area contributed by atoms with E-state index in [-0.39, 0.29) is 19.7 Å². The van der Waals surface area contributed by atoms with Crippen molar-refractivity contribution in [3.05, 3.63) is 12.7 Å². The molecule has 2 N–H and O–H groups in total. The minimum atomic E-state index is -1.01. The maximum atomic E-state index is 11.9. The van der Waals surface area contributed by atoms with E-state index in [9.17, 15) is 14.7 Å². The van der Waals surface area contributed by atoms with Crippen LogP contribution in [0.15, 0.2) is 12.7 Å². The van der Waals surface area contributed by atoms with Crippen molar-refractivity contribution in [2.45, 2.75) is 44.8 Å². The van der Waals surface area contributed by atoms with Gasteiger partial charge < -0.3 is 24.8 Å². The highest BCUT2D eigenvalue weighted by atomic mass is 16.6. The highest BCUT2D eigenvalue weighted by molar-refractivity contribution is 5.69. The zero-order valence-electron chi connectivity index (χ0n) is 13.6. The first-order valence-corrected chi connectivity index (χ1v) is 7.37. The van der Waals surface area contributed by atoms with E-state index in [0.717, 1.165) is 0 Å². The number of ether oxygens (including phenoxy) is 2. The maximum Gasteiger partial charge on any atom is 0.410 e. The number of amides is 2. The lowest BCUT2D eigenvalue weighted by molar-refractivity contribution is 0.0127. The molecule has 1 fully saturated rings. The first-order chi connectivity index (χ1) is 10.2. The highest BCUT2D eigenvalue weighted by Gasteiger charge is 2.39. The van der Waals surface area contributed by atoms with E-state index in [2.05, 4.69) is 11.9 Å². The normalized spacial score (nSPS) is 21.4. The minimum absolute atomic E-state index is 0.141. The molecule has 1 aliphatic rings. The molecule has 1 saturated heterocycles. The monoisotopic (exact) mass is 314 g/mol. The third kappa shape index (κ3) is 6.34. The van der Waals surface area contributed by atoms with Crippen LogP contribution in [0.3, 0.4) is 0 Å². The van der Waals surface area contributed by atoms with Crippen molar-refractivity contribution in [1.82, 2.24) is 10.2 Å². The van der Waals surface area contributed by atoms with Crippen LogP contribution in [0.2, 0.25) is 0 Å². The van der Waals surface area contributed by atoms with Gasteiger partial charge in [-0.15, -0.1) is 0 Å². The van der Waals surface area contributed by atoms with Crippen molar-refractivity contribution in [2.24, 2.45) is 0 Å². The van der Waals surface area contributed by atoms with Gasteiger partial charge in [0.15, 0.2) is 0 Å². The summed E-state index contributed by atoms with van der Waals surface area (Å²) in [6, 6.07) is 0. The van der Waals surface area contributed by atoms with E-state index in [4.69, 9.17) is 9.47 Å². The maximum absolute atomic E-state index is 11.9. The zero-order chi connectivity index (χ0) is 16.8. The van der Waals surface area contributed by atoms with Crippen LogP contribution in [0.4, 0.5) is 9.59 Å². The Kier molecular flexibility index (Phi) is 6.22. The molecule has 2 amide bonds. The number of β-amino-alcohol motifs (C(OH)–C–C–N with tert-alkyl or cyclic N) is 1. The highest BCUT2D eigenvalue weighted by Crippen LogP contribution is 2.25. The molecule has 0 spiro atoms. The predicted molar refractivity (Wildman–Crippen MR) is 81.5 cm³/mol. The molecule has 1 atom stereocenters. The third-order valence-electron chi connectivity index (χ3n) is 3.18. The molecule has 1 unspecified atom stereocenters. The number of nitrogens with one attached hydrogen (secondary N) is 1. The van der Waals surface area contributed by atoms with Crippen LogP contribution in [-0.2, 0) is 9.47 Å². The number of alkyl carbamates (subject to hydrolysis) is 1. The number of rotatable bonds is 5. The summed E-state index contributed by atoms with van der Waals surface area (Å²) in [5.41, 5.74) is -1.57. The minimum Gasteiger partial charge on any atom is -0.445 e. The lowest BCUT2D eigenvalue weighted by atomic mass is 9.99. The van der Waals surface area contributed by atoms with Gasteiger partial charge in [-0.25, -0.2) is 9.59 Å². The predicted octanol–water partition coefficient (Wildman–Crippen LogP) is 1.66. The molecule has 0 aliphatic carbocycles. The number of likely N-dealkylation sites (tertiary alicyclic amines) is 1. The van der Waals surface area contributed by atoms with Crippen LogP contribution in [-0.4, -0.2) is 59.6 Å². The van der Waals surface area contributed by atoms with E-state index in [1.54, 1.807) is 20.8 Å². The number of carbonyl (C=O) groups excluding carboxylic acids is 2. The second kappa shape index (κ2) is 7.49. The second-order valence-corrected chi connectivity index (χ2v) is 6.44. The SMILES string of the molecule is C=CCOC(=O)NCCC1(O)CCN(C(=O)OC(C)(C)C)C1. The molecule has 0 aromatic heterocycles. The molecule has 0 bridgehead atoms. The molecule has 1 heterocycles. The van der Waals surface area contributed by atoms with Gasteiger partial charge in [-0.3, -0.25) is 0 Å². The standard InChI is InChI=1S/C15H26N2O5/c1-5-10-21-12(18)16-8-6-15(20)7-9-17(11-15)13(19)22-14(2,3)4/h5,20H,1,6-11H2,2-4H3,(H,16,18).